The summed E-state index contributed by atoms with van der Waals surface area (Å²) in [5, 5.41) is 4.60. The van der Waals surface area contributed by atoms with Gasteiger partial charge in [-0.25, -0.2) is 0 Å². The van der Waals surface area contributed by atoms with Crippen molar-refractivity contribution in [2.75, 3.05) is 13.1 Å². The van der Waals surface area contributed by atoms with Gasteiger partial charge in [-0.05, 0) is 33.6 Å². The minimum absolute atomic E-state index is 0.110. The Balaban J connectivity index is 2.10. The van der Waals surface area contributed by atoms with E-state index >= 15 is 0 Å². The van der Waals surface area contributed by atoms with E-state index in [1.165, 1.54) is 0 Å². The summed E-state index contributed by atoms with van der Waals surface area (Å²) in [6.45, 7) is 14.7. The molecule has 2 rings (SSSR count). The molecule has 0 N–H and O–H groups in total. The van der Waals surface area contributed by atoms with E-state index in [4.69, 9.17) is 4.74 Å². The number of hydrogen-bond donors (Lipinski definition) is 0. The van der Waals surface area contributed by atoms with Crippen LogP contribution in [0.25, 0.3) is 0 Å². The zero-order valence-corrected chi connectivity index (χ0v) is 14.7. The average Bonchev–Trinajstić information content (AvgIpc) is 2.64. The van der Waals surface area contributed by atoms with Crippen LogP contribution in [0.1, 0.15) is 44.6 Å². The van der Waals surface area contributed by atoms with E-state index in [9.17, 15) is 4.79 Å². The quantitative estimate of drug-likeness (QED) is 0.858. The zero-order valence-electron chi connectivity index (χ0n) is 14.7. The van der Waals surface area contributed by atoms with Crippen LogP contribution in [0.15, 0.2) is 0 Å². The third-order valence-corrected chi connectivity index (χ3v) is 4.17. The molecule has 0 saturated carbocycles. The van der Waals surface area contributed by atoms with Crippen molar-refractivity contribution in [2.45, 2.75) is 66.7 Å². The minimum atomic E-state index is 0.110. The lowest BCUT2D eigenvalue weighted by atomic mass is 10.1. The number of nitrogens with zero attached hydrogens (tertiary/aromatic N) is 3. The van der Waals surface area contributed by atoms with Gasteiger partial charge in [0.05, 0.1) is 24.3 Å². The number of aromatic nitrogens is 2. The first-order valence-corrected chi connectivity index (χ1v) is 8.24. The van der Waals surface area contributed by atoms with E-state index in [-0.39, 0.29) is 18.1 Å². The molecule has 5 heteroatoms. The van der Waals surface area contributed by atoms with Crippen LogP contribution in [0.3, 0.4) is 0 Å². The molecule has 0 aliphatic carbocycles. The molecule has 0 spiro atoms. The highest BCUT2D eigenvalue weighted by atomic mass is 16.5. The second-order valence-electron chi connectivity index (χ2n) is 6.96. The summed E-state index contributed by atoms with van der Waals surface area (Å²) >= 11 is 0. The third kappa shape index (κ3) is 3.88. The molecule has 0 unspecified atom stereocenters. The van der Waals surface area contributed by atoms with Gasteiger partial charge in [-0.1, -0.05) is 13.8 Å². The second kappa shape index (κ2) is 6.82. The molecule has 1 aromatic heterocycles. The number of amides is 1. The largest absolute Gasteiger partial charge is 0.372 e. The van der Waals surface area contributed by atoms with Crippen LogP contribution in [-0.4, -0.2) is 45.9 Å². The van der Waals surface area contributed by atoms with Crippen molar-refractivity contribution in [1.29, 1.82) is 0 Å². The highest BCUT2D eigenvalue weighted by molar-refractivity contribution is 5.79. The van der Waals surface area contributed by atoms with E-state index in [1.54, 1.807) is 0 Å². The summed E-state index contributed by atoms with van der Waals surface area (Å²) in [4.78, 5) is 14.6. The smallest absolute Gasteiger partial charge is 0.227 e. The van der Waals surface area contributed by atoms with Crippen LogP contribution in [-0.2, 0) is 22.5 Å². The normalized spacial score (nSPS) is 22.4. The second-order valence-corrected chi connectivity index (χ2v) is 6.96. The third-order valence-electron chi connectivity index (χ3n) is 4.17. The van der Waals surface area contributed by atoms with Crippen LogP contribution in [0.5, 0.6) is 0 Å². The number of carbonyl (C=O) groups excluding carboxylic acids is 1. The molecular formula is C17H29N3O2. The Morgan fingerprint density at radius 2 is 1.86 bits per heavy atom. The molecule has 1 amide bonds. The zero-order chi connectivity index (χ0) is 16.4. The van der Waals surface area contributed by atoms with Gasteiger partial charge in [0.1, 0.15) is 0 Å². The number of carbonyl (C=O) groups is 1. The Hall–Kier alpha value is -1.36. The molecule has 1 aliphatic rings. The fraction of sp³-hybridized carbons (Fsp3) is 0.765. The van der Waals surface area contributed by atoms with Gasteiger partial charge in [0.2, 0.25) is 5.91 Å². The Kier molecular flexibility index (Phi) is 5.27. The van der Waals surface area contributed by atoms with Gasteiger partial charge < -0.3 is 9.64 Å². The summed E-state index contributed by atoms with van der Waals surface area (Å²) in [6, 6.07) is 0. The SMILES string of the molecule is Cc1nn(CC(C)C)c(C)c1CC(=O)N1C[C@@H](C)O[C@@H](C)C1. The van der Waals surface area contributed by atoms with Gasteiger partial charge in [0.15, 0.2) is 0 Å². The maximum Gasteiger partial charge on any atom is 0.227 e. The van der Waals surface area contributed by atoms with Crippen molar-refractivity contribution in [3.05, 3.63) is 17.0 Å². The monoisotopic (exact) mass is 307 g/mol. The van der Waals surface area contributed by atoms with E-state index in [0.29, 0.717) is 25.4 Å². The summed E-state index contributed by atoms with van der Waals surface area (Å²) in [7, 11) is 0. The summed E-state index contributed by atoms with van der Waals surface area (Å²) < 4.78 is 7.74. The van der Waals surface area contributed by atoms with Crippen molar-refractivity contribution in [2.24, 2.45) is 5.92 Å². The maximum absolute atomic E-state index is 12.6. The highest BCUT2D eigenvalue weighted by Gasteiger charge is 2.27. The number of aryl methyl sites for hydroxylation is 1. The molecule has 2 atom stereocenters. The van der Waals surface area contributed by atoms with Crippen molar-refractivity contribution >= 4 is 5.91 Å². The Morgan fingerprint density at radius 1 is 1.27 bits per heavy atom. The predicted octanol–water partition coefficient (Wildman–Crippen LogP) is 2.33. The summed E-state index contributed by atoms with van der Waals surface area (Å²) in [5.74, 6) is 0.722. The lowest BCUT2D eigenvalue weighted by molar-refractivity contribution is -0.142. The molecule has 0 aromatic carbocycles. The Bertz CT molecular complexity index is 526. The lowest BCUT2D eigenvalue weighted by Gasteiger charge is -2.35. The molecule has 22 heavy (non-hydrogen) atoms. The molecule has 1 aliphatic heterocycles. The fourth-order valence-corrected chi connectivity index (χ4v) is 3.16. The van der Waals surface area contributed by atoms with Gasteiger partial charge in [-0.2, -0.15) is 5.10 Å². The van der Waals surface area contributed by atoms with Crippen LogP contribution in [0, 0.1) is 19.8 Å². The van der Waals surface area contributed by atoms with E-state index in [0.717, 1.165) is 23.5 Å². The van der Waals surface area contributed by atoms with Crippen LogP contribution < -0.4 is 0 Å². The number of ether oxygens (including phenoxy) is 1. The van der Waals surface area contributed by atoms with Gasteiger partial charge in [-0.3, -0.25) is 9.48 Å². The van der Waals surface area contributed by atoms with Crippen molar-refractivity contribution in [3.63, 3.8) is 0 Å². The van der Waals surface area contributed by atoms with E-state index in [2.05, 4.69) is 25.9 Å². The van der Waals surface area contributed by atoms with Crippen LogP contribution >= 0.6 is 0 Å². The summed E-state index contributed by atoms with van der Waals surface area (Å²) in [6.07, 6.45) is 0.659. The molecule has 1 aromatic rings. The van der Waals surface area contributed by atoms with Crippen molar-refractivity contribution in [1.82, 2.24) is 14.7 Å². The molecule has 124 valence electrons. The first-order chi connectivity index (χ1) is 10.3. The highest BCUT2D eigenvalue weighted by Crippen LogP contribution is 2.18. The predicted molar refractivity (Wildman–Crippen MR) is 86.8 cm³/mol. The lowest BCUT2D eigenvalue weighted by Crippen LogP contribution is -2.48. The van der Waals surface area contributed by atoms with Crippen molar-refractivity contribution < 1.29 is 9.53 Å². The minimum Gasteiger partial charge on any atom is -0.372 e. The number of rotatable bonds is 4. The first-order valence-electron chi connectivity index (χ1n) is 8.24. The standard InChI is InChI=1S/C17H29N3O2/c1-11(2)8-20-15(6)16(14(5)18-20)7-17(21)19-9-12(3)22-13(4)10-19/h11-13H,7-10H2,1-6H3/t12-,13+. The Morgan fingerprint density at radius 3 is 2.41 bits per heavy atom. The average molecular weight is 307 g/mol. The molecule has 0 radical (unpaired) electrons. The first kappa shape index (κ1) is 17.0. The molecular weight excluding hydrogens is 278 g/mol. The molecule has 5 nitrogen and oxygen atoms in total. The van der Waals surface area contributed by atoms with E-state index < -0.39 is 0 Å². The summed E-state index contributed by atoms with van der Waals surface area (Å²) in [5.41, 5.74) is 3.17. The molecule has 2 heterocycles. The van der Waals surface area contributed by atoms with Gasteiger partial charge in [0, 0.05) is 30.9 Å². The maximum atomic E-state index is 12.6. The number of morpholine rings is 1. The van der Waals surface area contributed by atoms with Gasteiger partial charge in [-0.15, -0.1) is 0 Å². The number of hydrogen-bond acceptors (Lipinski definition) is 3. The van der Waals surface area contributed by atoms with Crippen molar-refractivity contribution in [3.8, 4) is 0 Å². The van der Waals surface area contributed by atoms with Crippen LogP contribution in [0.4, 0.5) is 0 Å². The molecule has 0 bridgehead atoms. The van der Waals surface area contributed by atoms with E-state index in [1.807, 2.05) is 30.4 Å². The van der Waals surface area contributed by atoms with Crippen LogP contribution in [0.2, 0.25) is 0 Å². The van der Waals surface area contributed by atoms with Gasteiger partial charge in [0.25, 0.3) is 0 Å². The molecule has 1 fully saturated rings. The Labute approximate surface area is 133 Å². The topological polar surface area (TPSA) is 47.4 Å². The molecule has 1 saturated heterocycles. The van der Waals surface area contributed by atoms with Gasteiger partial charge >= 0.3 is 0 Å². The fourth-order valence-electron chi connectivity index (χ4n) is 3.16.